The van der Waals surface area contributed by atoms with Gasteiger partial charge in [-0.15, -0.1) is 0 Å². The summed E-state index contributed by atoms with van der Waals surface area (Å²) in [7, 11) is 0. The number of ether oxygens (including phenoxy) is 1. The van der Waals surface area contributed by atoms with Crippen LogP contribution in [0.2, 0.25) is 0 Å². The van der Waals surface area contributed by atoms with Crippen molar-refractivity contribution in [2.75, 3.05) is 11.9 Å². The molecule has 4 aliphatic rings. The van der Waals surface area contributed by atoms with Gasteiger partial charge in [0.05, 0.1) is 17.9 Å². The molecular weight excluding hydrogens is 316 g/mol. The average Bonchev–Trinajstić information content (AvgIpc) is 2.53. The number of hydrogen-bond acceptors (Lipinski definition) is 3. The lowest BCUT2D eigenvalue weighted by molar-refractivity contribution is -0.0127. The maximum atomic E-state index is 12.7. The fourth-order valence-electron chi connectivity index (χ4n) is 5.64. The van der Waals surface area contributed by atoms with E-state index in [2.05, 4.69) is 10.6 Å². The molecule has 1 aromatic carbocycles. The van der Waals surface area contributed by atoms with Gasteiger partial charge in [0.1, 0.15) is 0 Å². The predicted octanol–water partition coefficient (Wildman–Crippen LogP) is 3.95. The van der Waals surface area contributed by atoms with E-state index in [0.29, 0.717) is 17.9 Å². The molecule has 2 amide bonds. The lowest BCUT2D eigenvalue weighted by atomic mass is 9.53. The van der Waals surface area contributed by atoms with Crippen LogP contribution in [0.3, 0.4) is 0 Å². The lowest BCUT2D eigenvalue weighted by Gasteiger charge is -2.56. The molecule has 0 radical (unpaired) electrons. The maximum Gasteiger partial charge on any atom is 0.340 e. The minimum atomic E-state index is -0.409. The molecule has 0 aliphatic heterocycles. The van der Waals surface area contributed by atoms with Gasteiger partial charge in [0.25, 0.3) is 0 Å². The van der Waals surface area contributed by atoms with Crippen LogP contribution < -0.4 is 10.6 Å². The summed E-state index contributed by atoms with van der Waals surface area (Å²) in [6.07, 6.45) is 7.33. The molecule has 0 spiro atoms. The first-order chi connectivity index (χ1) is 12.1. The number of amides is 2. The van der Waals surface area contributed by atoms with Gasteiger partial charge in [-0.3, -0.25) is 0 Å². The Bertz CT molecular complexity index is 650. The summed E-state index contributed by atoms with van der Waals surface area (Å²) in [6.45, 7) is 2.08. The Balaban J connectivity index is 1.46. The summed E-state index contributed by atoms with van der Waals surface area (Å²) in [5.41, 5.74) is 0.853. The van der Waals surface area contributed by atoms with E-state index < -0.39 is 5.97 Å². The fraction of sp³-hybridized carbons (Fsp3) is 0.600. The first-order valence-corrected chi connectivity index (χ1v) is 9.42. The van der Waals surface area contributed by atoms with E-state index in [1.54, 1.807) is 25.1 Å². The average molecular weight is 342 g/mol. The molecule has 1 aromatic rings. The molecular formula is C20H26N2O3. The lowest BCUT2D eigenvalue weighted by Crippen LogP contribution is -2.60. The van der Waals surface area contributed by atoms with E-state index in [1.807, 2.05) is 6.07 Å². The van der Waals surface area contributed by atoms with Crippen molar-refractivity contribution in [3.8, 4) is 0 Å². The molecule has 5 rings (SSSR count). The number of anilines is 1. The maximum absolute atomic E-state index is 12.7. The molecule has 5 nitrogen and oxygen atoms in total. The number of rotatable bonds is 4. The number of para-hydroxylation sites is 1. The zero-order valence-corrected chi connectivity index (χ0v) is 14.7. The molecule has 0 heterocycles. The fourth-order valence-corrected chi connectivity index (χ4v) is 5.64. The van der Waals surface area contributed by atoms with Crippen molar-refractivity contribution in [1.29, 1.82) is 0 Å². The molecule has 0 unspecified atom stereocenters. The number of carbonyl (C=O) groups is 2. The van der Waals surface area contributed by atoms with Crippen molar-refractivity contribution in [1.82, 2.24) is 5.32 Å². The van der Waals surface area contributed by atoms with E-state index in [4.69, 9.17) is 4.74 Å². The molecule has 4 aliphatic carbocycles. The largest absolute Gasteiger partial charge is 0.462 e. The molecule has 25 heavy (non-hydrogen) atoms. The second-order valence-electron chi connectivity index (χ2n) is 8.04. The van der Waals surface area contributed by atoms with Crippen LogP contribution in [0.4, 0.5) is 10.5 Å². The van der Waals surface area contributed by atoms with E-state index >= 15 is 0 Å². The van der Waals surface area contributed by atoms with E-state index in [1.165, 1.54) is 19.3 Å². The Morgan fingerprint density at radius 1 is 1.08 bits per heavy atom. The first-order valence-electron chi connectivity index (χ1n) is 9.42. The van der Waals surface area contributed by atoms with Crippen LogP contribution in [0.25, 0.3) is 0 Å². The van der Waals surface area contributed by atoms with Gasteiger partial charge < -0.3 is 15.4 Å². The van der Waals surface area contributed by atoms with Gasteiger partial charge in [0, 0.05) is 5.54 Å². The summed E-state index contributed by atoms with van der Waals surface area (Å²) in [5, 5.41) is 6.14. The second-order valence-corrected chi connectivity index (χ2v) is 8.04. The van der Waals surface area contributed by atoms with Crippen molar-refractivity contribution in [2.24, 2.45) is 17.8 Å². The number of esters is 1. The van der Waals surface area contributed by atoms with Crippen LogP contribution in [-0.4, -0.2) is 24.1 Å². The normalized spacial score (nSPS) is 32.3. The Labute approximate surface area is 148 Å². The Hall–Kier alpha value is -2.04. The molecule has 2 N–H and O–H groups in total. The third-order valence-electron chi connectivity index (χ3n) is 6.09. The van der Waals surface area contributed by atoms with Gasteiger partial charge in [-0.05, 0) is 75.3 Å². The summed E-state index contributed by atoms with van der Waals surface area (Å²) in [4.78, 5) is 24.7. The van der Waals surface area contributed by atoms with Crippen molar-refractivity contribution in [3.05, 3.63) is 29.8 Å². The Morgan fingerprint density at radius 2 is 1.68 bits per heavy atom. The topological polar surface area (TPSA) is 67.4 Å². The summed E-state index contributed by atoms with van der Waals surface area (Å²) < 4.78 is 5.07. The highest BCUT2D eigenvalue weighted by atomic mass is 16.5. The summed E-state index contributed by atoms with van der Waals surface area (Å²) in [6, 6.07) is 6.79. The molecule has 0 aromatic heterocycles. The molecule has 0 saturated heterocycles. The molecule has 0 atom stereocenters. The zero-order valence-electron chi connectivity index (χ0n) is 14.7. The van der Waals surface area contributed by atoms with Gasteiger partial charge >= 0.3 is 12.0 Å². The Morgan fingerprint density at radius 3 is 2.28 bits per heavy atom. The smallest absolute Gasteiger partial charge is 0.340 e. The van der Waals surface area contributed by atoms with E-state index in [-0.39, 0.29) is 11.6 Å². The van der Waals surface area contributed by atoms with Crippen LogP contribution >= 0.6 is 0 Å². The van der Waals surface area contributed by atoms with Crippen molar-refractivity contribution >= 4 is 17.7 Å². The highest BCUT2D eigenvalue weighted by Gasteiger charge is 2.51. The van der Waals surface area contributed by atoms with E-state index in [9.17, 15) is 9.59 Å². The third kappa shape index (κ3) is 3.24. The predicted molar refractivity (Wildman–Crippen MR) is 95.5 cm³/mol. The van der Waals surface area contributed by atoms with Gasteiger partial charge in [-0.2, -0.15) is 0 Å². The minimum Gasteiger partial charge on any atom is -0.462 e. The van der Waals surface area contributed by atoms with Gasteiger partial charge in [0.15, 0.2) is 0 Å². The van der Waals surface area contributed by atoms with E-state index in [0.717, 1.165) is 37.0 Å². The summed E-state index contributed by atoms with van der Waals surface area (Å²) in [5.74, 6) is 1.92. The molecule has 134 valence electrons. The standard InChI is InChI=1S/C20H26N2O3/c1-2-25-18(23)16-5-3-4-6-17(16)21-19(24)22-20-10-13-7-14(11-20)9-15(8-13)12-20/h3-6,13-15H,2,7-12H2,1H3,(H2,21,22,24). The van der Waals surface area contributed by atoms with Crippen molar-refractivity contribution < 1.29 is 14.3 Å². The van der Waals surface area contributed by atoms with Crippen LogP contribution in [0.15, 0.2) is 24.3 Å². The number of nitrogens with one attached hydrogen (secondary N) is 2. The quantitative estimate of drug-likeness (QED) is 0.814. The van der Waals surface area contributed by atoms with Crippen LogP contribution in [0.1, 0.15) is 55.8 Å². The van der Waals surface area contributed by atoms with Gasteiger partial charge in [-0.25, -0.2) is 9.59 Å². The van der Waals surface area contributed by atoms with Crippen LogP contribution in [0, 0.1) is 17.8 Å². The number of urea groups is 1. The van der Waals surface area contributed by atoms with Crippen molar-refractivity contribution in [2.45, 2.75) is 51.0 Å². The third-order valence-corrected chi connectivity index (χ3v) is 6.09. The van der Waals surface area contributed by atoms with Crippen LogP contribution in [-0.2, 0) is 4.74 Å². The SMILES string of the molecule is CCOC(=O)c1ccccc1NC(=O)NC12CC3CC(CC(C3)C1)C2. The highest BCUT2D eigenvalue weighted by Crippen LogP contribution is 2.55. The number of hydrogen-bond donors (Lipinski definition) is 2. The Kier molecular flexibility index (Phi) is 4.18. The molecule has 4 saturated carbocycles. The number of benzene rings is 1. The van der Waals surface area contributed by atoms with Crippen molar-refractivity contribution in [3.63, 3.8) is 0 Å². The molecule has 5 heteroatoms. The zero-order chi connectivity index (χ0) is 17.4. The summed E-state index contributed by atoms with van der Waals surface area (Å²) >= 11 is 0. The first kappa shape index (κ1) is 16.4. The molecule has 4 fully saturated rings. The van der Waals surface area contributed by atoms with Gasteiger partial charge in [-0.1, -0.05) is 12.1 Å². The van der Waals surface area contributed by atoms with Gasteiger partial charge in [0.2, 0.25) is 0 Å². The molecule has 4 bridgehead atoms. The number of carbonyl (C=O) groups excluding carboxylic acids is 2. The highest BCUT2D eigenvalue weighted by molar-refractivity contribution is 6.01. The second kappa shape index (κ2) is 6.36. The minimum absolute atomic E-state index is 0.0439. The van der Waals surface area contributed by atoms with Crippen LogP contribution in [0.5, 0.6) is 0 Å². The monoisotopic (exact) mass is 342 g/mol.